The van der Waals surface area contributed by atoms with Gasteiger partial charge in [0.25, 0.3) is 0 Å². The molecule has 3 N–H and O–H groups in total. The molecule has 0 radical (unpaired) electrons. The molecule has 0 amide bonds. The summed E-state index contributed by atoms with van der Waals surface area (Å²) in [6, 6.07) is 6.98. The minimum absolute atomic E-state index is 0.0218. The summed E-state index contributed by atoms with van der Waals surface area (Å²) in [5, 5.41) is 9.29. The Bertz CT molecular complexity index is 700. The Labute approximate surface area is 122 Å². The smallest absolute Gasteiger partial charge is 0.332 e. The van der Waals surface area contributed by atoms with Crippen molar-refractivity contribution in [3.05, 3.63) is 52.7 Å². The van der Waals surface area contributed by atoms with Crippen LogP contribution < -0.4 is 11.4 Å². The monoisotopic (exact) mass is 289 g/mol. The van der Waals surface area contributed by atoms with E-state index in [1.54, 1.807) is 41.2 Å². The number of para-hydroxylation sites is 1. The molecule has 1 atom stereocenters. The van der Waals surface area contributed by atoms with Crippen molar-refractivity contribution in [3.8, 4) is 5.69 Å². The number of nitrogens with zero attached hydrogens (tertiary/aromatic N) is 2. The van der Waals surface area contributed by atoms with Gasteiger partial charge in [-0.1, -0.05) is 18.2 Å². The van der Waals surface area contributed by atoms with Gasteiger partial charge in [-0.2, -0.15) is 0 Å². The van der Waals surface area contributed by atoms with Crippen LogP contribution in [0.1, 0.15) is 31.4 Å². The van der Waals surface area contributed by atoms with E-state index in [-0.39, 0.29) is 18.3 Å². The van der Waals surface area contributed by atoms with E-state index < -0.39 is 11.9 Å². The second-order valence-electron chi connectivity index (χ2n) is 5.14. The van der Waals surface area contributed by atoms with Gasteiger partial charge in [0.1, 0.15) is 0 Å². The fourth-order valence-electron chi connectivity index (χ4n) is 2.33. The zero-order valence-electron chi connectivity index (χ0n) is 12.1. The molecule has 6 heteroatoms. The van der Waals surface area contributed by atoms with Crippen molar-refractivity contribution < 1.29 is 9.90 Å². The molecule has 2 aromatic rings. The maximum Gasteiger partial charge on any atom is 0.332 e. The normalized spacial score (nSPS) is 12.6. The summed E-state index contributed by atoms with van der Waals surface area (Å²) in [5.41, 5.74) is 6.47. The van der Waals surface area contributed by atoms with E-state index in [0.717, 1.165) is 0 Å². The van der Waals surface area contributed by atoms with Crippen LogP contribution in [0.2, 0.25) is 0 Å². The Morgan fingerprint density at radius 2 is 1.95 bits per heavy atom. The average Bonchev–Trinajstić information content (AvgIpc) is 2.81. The molecule has 0 bridgehead atoms. The van der Waals surface area contributed by atoms with Crippen molar-refractivity contribution in [1.29, 1.82) is 0 Å². The van der Waals surface area contributed by atoms with Gasteiger partial charge in [0.2, 0.25) is 0 Å². The molecule has 0 saturated heterocycles. The standard InChI is InChI=1S/C15H19N3O3/c1-10(2)17-7-8-18(15(17)21)13-6-4-3-5-11(13)12(9-16)14(19)20/h3-8,10,12H,9,16H2,1-2H3,(H,19,20). The summed E-state index contributed by atoms with van der Waals surface area (Å²) in [6.45, 7) is 3.81. The number of hydrogen-bond acceptors (Lipinski definition) is 3. The molecule has 112 valence electrons. The van der Waals surface area contributed by atoms with Crippen LogP contribution in [0.3, 0.4) is 0 Å². The Kier molecular flexibility index (Phi) is 4.28. The molecule has 6 nitrogen and oxygen atoms in total. The number of imidazole rings is 1. The van der Waals surface area contributed by atoms with Crippen LogP contribution in [-0.4, -0.2) is 26.8 Å². The minimum atomic E-state index is -0.999. The highest BCUT2D eigenvalue weighted by Gasteiger charge is 2.22. The molecule has 0 spiro atoms. The first-order chi connectivity index (χ1) is 9.97. The van der Waals surface area contributed by atoms with E-state index in [0.29, 0.717) is 11.3 Å². The largest absolute Gasteiger partial charge is 0.481 e. The van der Waals surface area contributed by atoms with E-state index in [2.05, 4.69) is 0 Å². The van der Waals surface area contributed by atoms with Crippen LogP contribution in [0.5, 0.6) is 0 Å². The van der Waals surface area contributed by atoms with Gasteiger partial charge in [0, 0.05) is 25.0 Å². The highest BCUT2D eigenvalue weighted by molar-refractivity contribution is 5.78. The quantitative estimate of drug-likeness (QED) is 0.869. The van der Waals surface area contributed by atoms with Crippen molar-refractivity contribution in [2.75, 3.05) is 6.54 Å². The van der Waals surface area contributed by atoms with Gasteiger partial charge in [-0.25, -0.2) is 4.79 Å². The second-order valence-corrected chi connectivity index (χ2v) is 5.14. The Morgan fingerprint density at radius 1 is 1.29 bits per heavy atom. The maximum absolute atomic E-state index is 12.4. The first kappa shape index (κ1) is 15.1. The molecule has 0 fully saturated rings. The van der Waals surface area contributed by atoms with Crippen LogP contribution in [0, 0.1) is 0 Å². The topological polar surface area (TPSA) is 90.2 Å². The Hall–Kier alpha value is -2.34. The highest BCUT2D eigenvalue weighted by atomic mass is 16.4. The van der Waals surface area contributed by atoms with Gasteiger partial charge in [0.05, 0.1) is 11.6 Å². The molecule has 0 aliphatic rings. The van der Waals surface area contributed by atoms with E-state index in [4.69, 9.17) is 5.73 Å². The van der Waals surface area contributed by atoms with Crippen LogP contribution in [0.4, 0.5) is 0 Å². The number of rotatable bonds is 5. The molecule has 2 rings (SSSR count). The summed E-state index contributed by atoms with van der Waals surface area (Å²) in [6.07, 6.45) is 3.35. The summed E-state index contributed by atoms with van der Waals surface area (Å²) in [4.78, 5) is 23.7. The number of carboxylic acid groups (broad SMARTS) is 1. The summed E-state index contributed by atoms with van der Waals surface area (Å²) in [5.74, 6) is -1.84. The number of aromatic nitrogens is 2. The second kappa shape index (κ2) is 5.97. The predicted molar refractivity (Wildman–Crippen MR) is 79.8 cm³/mol. The zero-order valence-corrected chi connectivity index (χ0v) is 12.1. The molecular formula is C15H19N3O3. The van der Waals surface area contributed by atoms with Gasteiger partial charge in [0.15, 0.2) is 0 Å². The van der Waals surface area contributed by atoms with Gasteiger partial charge >= 0.3 is 11.7 Å². The first-order valence-electron chi connectivity index (χ1n) is 6.79. The van der Waals surface area contributed by atoms with E-state index in [1.165, 1.54) is 4.57 Å². The van der Waals surface area contributed by atoms with Crippen molar-refractivity contribution in [3.63, 3.8) is 0 Å². The van der Waals surface area contributed by atoms with Gasteiger partial charge in [-0.05, 0) is 25.5 Å². The molecule has 0 saturated carbocycles. The fraction of sp³-hybridized carbons (Fsp3) is 0.333. The number of aliphatic carboxylic acids is 1. The Balaban J connectivity index is 2.60. The Morgan fingerprint density at radius 3 is 2.48 bits per heavy atom. The summed E-state index contributed by atoms with van der Waals surface area (Å²) < 4.78 is 3.05. The number of benzene rings is 1. The third-order valence-electron chi connectivity index (χ3n) is 3.47. The van der Waals surface area contributed by atoms with Crippen LogP contribution in [-0.2, 0) is 4.79 Å². The number of carbonyl (C=O) groups is 1. The van der Waals surface area contributed by atoms with E-state index in [1.807, 2.05) is 13.8 Å². The van der Waals surface area contributed by atoms with Gasteiger partial charge in [-0.15, -0.1) is 0 Å². The maximum atomic E-state index is 12.4. The predicted octanol–water partition coefficient (Wildman–Crippen LogP) is 1.35. The molecule has 1 aromatic carbocycles. The van der Waals surface area contributed by atoms with Crippen molar-refractivity contribution in [2.45, 2.75) is 25.8 Å². The van der Waals surface area contributed by atoms with Crippen LogP contribution in [0.15, 0.2) is 41.5 Å². The number of hydrogen-bond donors (Lipinski definition) is 2. The molecule has 1 aromatic heterocycles. The minimum Gasteiger partial charge on any atom is -0.481 e. The molecule has 21 heavy (non-hydrogen) atoms. The van der Waals surface area contributed by atoms with Crippen molar-refractivity contribution in [1.82, 2.24) is 9.13 Å². The SMILES string of the molecule is CC(C)n1ccn(-c2ccccc2C(CN)C(=O)O)c1=O. The van der Waals surface area contributed by atoms with Crippen LogP contribution in [0.25, 0.3) is 5.69 Å². The first-order valence-corrected chi connectivity index (χ1v) is 6.79. The lowest BCUT2D eigenvalue weighted by Crippen LogP contribution is -2.27. The third-order valence-corrected chi connectivity index (χ3v) is 3.47. The zero-order chi connectivity index (χ0) is 15.6. The third kappa shape index (κ3) is 2.75. The lowest BCUT2D eigenvalue weighted by Gasteiger charge is -2.15. The fourth-order valence-corrected chi connectivity index (χ4v) is 2.33. The van der Waals surface area contributed by atoms with Crippen molar-refractivity contribution in [2.24, 2.45) is 5.73 Å². The lowest BCUT2D eigenvalue weighted by molar-refractivity contribution is -0.138. The molecule has 0 aliphatic carbocycles. The average molecular weight is 289 g/mol. The highest BCUT2D eigenvalue weighted by Crippen LogP contribution is 2.22. The molecular weight excluding hydrogens is 270 g/mol. The number of carboxylic acids is 1. The summed E-state index contributed by atoms with van der Waals surface area (Å²) >= 11 is 0. The lowest BCUT2D eigenvalue weighted by atomic mass is 9.97. The molecule has 1 unspecified atom stereocenters. The van der Waals surface area contributed by atoms with Crippen molar-refractivity contribution >= 4 is 5.97 Å². The van der Waals surface area contributed by atoms with Crippen LogP contribution >= 0.6 is 0 Å². The molecule has 0 aliphatic heterocycles. The number of nitrogens with two attached hydrogens (primary N) is 1. The van der Waals surface area contributed by atoms with Gasteiger partial charge in [-0.3, -0.25) is 13.9 Å². The van der Waals surface area contributed by atoms with E-state index >= 15 is 0 Å². The molecule has 1 heterocycles. The summed E-state index contributed by atoms with van der Waals surface area (Å²) in [7, 11) is 0. The van der Waals surface area contributed by atoms with E-state index in [9.17, 15) is 14.7 Å². The van der Waals surface area contributed by atoms with Gasteiger partial charge < -0.3 is 10.8 Å².